The molecule has 28 heavy (non-hydrogen) atoms. The van der Waals surface area contributed by atoms with Crippen molar-refractivity contribution in [2.45, 2.75) is 75.3 Å². The number of hydrogen-bond donors (Lipinski definition) is 0. The van der Waals surface area contributed by atoms with Gasteiger partial charge in [-0.15, -0.1) is 0 Å². The Labute approximate surface area is 173 Å². The molecule has 3 unspecified atom stereocenters. The third-order valence-corrected chi connectivity index (χ3v) is 9.07. The van der Waals surface area contributed by atoms with Crippen LogP contribution in [0, 0.1) is 5.92 Å². The monoisotopic (exact) mass is 424 g/mol. The quantitative estimate of drug-likeness (QED) is 0.726. The minimum Gasteiger partial charge on any atom is -0.333 e. The molecular weight excluding hydrogens is 396 g/mol. The van der Waals surface area contributed by atoms with Gasteiger partial charge in [0.1, 0.15) is 4.90 Å². The van der Waals surface area contributed by atoms with Crippen LogP contribution in [0.2, 0.25) is 5.02 Å². The number of fused-ring (bicyclic) bond motifs is 1. The lowest BCUT2D eigenvalue weighted by atomic mass is 9.85. The molecule has 0 aromatic heterocycles. The highest BCUT2D eigenvalue weighted by molar-refractivity contribution is 7.89. The number of nitrogens with zero attached hydrogens (tertiary/aromatic N) is 2. The summed E-state index contributed by atoms with van der Waals surface area (Å²) in [5, 5.41) is 0.187. The van der Waals surface area contributed by atoms with E-state index in [0.29, 0.717) is 24.6 Å². The van der Waals surface area contributed by atoms with Crippen LogP contribution >= 0.6 is 11.6 Å². The lowest BCUT2D eigenvalue weighted by Gasteiger charge is -2.33. The largest absolute Gasteiger partial charge is 0.333 e. The van der Waals surface area contributed by atoms with Gasteiger partial charge in [-0.1, -0.05) is 30.9 Å². The van der Waals surface area contributed by atoms with Gasteiger partial charge in [-0.05, 0) is 63.1 Å². The van der Waals surface area contributed by atoms with Crippen LogP contribution in [0.3, 0.4) is 0 Å². The topological polar surface area (TPSA) is 57.7 Å². The van der Waals surface area contributed by atoms with E-state index >= 15 is 0 Å². The van der Waals surface area contributed by atoms with Crippen LogP contribution in [0.5, 0.6) is 0 Å². The average Bonchev–Trinajstić information content (AvgIpc) is 3.04. The second kappa shape index (κ2) is 7.96. The van der Waals surface area contributed by atoms with E-state index in [1.807, 2.05) is 4.90 Å². The van der Waals surface area contributed by atoms with Gasteiger partial charge < -0.3 is 4.90 Å². The van der Waals surface area contributed by atoms with Crippen molar-refractivity contribution in [3.05, 3.63) is 28.8 Å². The molecule has 0 N–H and O–H groups in total. The molecule has 1 aromatic carbocycles. The summed E-state index contributed by atoms with van der Waals surface area (Å²) in [6.07, 6.45) is 8.47. The summed E-state index contributed by atoms with van der Waals surface area (Å²) in [6.45, 7) is 3.14. The highest BCUT2D eigenvalue weighted by Gasteiger charge is 2.43. The summed E-state index contributed by atoms with van der Waals surface area (Å²) < 4.78 is 27.7. The van der Waals surface area contributed by atoms with Gasteiger partial charge in [0.2, 0.25) is 10.0 Å². The Bertz CT molecular complexity index is 851. The third kappa shape index (κ3) is 3.59. The fourth-order valence-corrected chi connectivity index (χ4v) is 7.30. The summed E-state index contributed by atoms with van der Waals surface area (Å²) in [6, 6.07) is 5.21. The molecule has 3 fully saturated rings. The smallest absolute Gasteiger partial charge is 0.254 e. The van der Waals surface area contributed by atoms with Crippen LogP contribution in [0.15, 0.2) is 23.1 Å². The molecule has 2 heterocycles. The van der Waals surface area contributed by atoms with Crippen molar-refractivity contribution in [2.24, 2.45) is 5.92 Å². The van der Waals surface area contributed by atoms with Crippen molar-refractivity contribution in [2.75, 3.05) is 13.1 Å². The molecule has 1 aliphatic carbocycles. The van der Waals surface area contributed by atoms with Crippen molar-refractivity contribution in [1.82, 2.24) is 9.21 Å². The molecule has 3 atom stereocenters. The number of piperidine rings is 1. The van der Waals surface area contributed by atoms with Gasteiger partial charge >= 0.3 is 0 Å². The van der Waals surface area contributed by atoms with Crippen molar-refractivity contribution < 1.29 is 13.2 Å². The van der Waals surface area contributed by atoms with E-state index in [1.54, 1.807) is 12.1 Å². The maximum absolute atomic E-state index is 13.4. The first-order valence-corrected chi connectivity index (χ1v) is 12.3. The molecule has 1 amide bonds. The fourth-order valence-electron chi connectivity index (χ4n) is 5.29. The summed E-state index contributed by atoms with van der Waals surface area (Å²) in [5.41, 5.74) is 0.429. The van der Waals surface area contributed by atoms with Crippen LogP contribution in [0.25, 0.3) is 0 Å². The number of sulfonamides is 1. The number of likely N-dealkylation sites (tertiary alicyclic amines) is 1. The van der Waals surface area contributed by atoms with E-state index in [4.69, 9.17) is 11.6 Å². The molecule has 7 heteroatoms. The Balaban J connectivity index is 1.64. The first kappa shape index (κ1) is 20.2. The molecule has 2 saturated heterocycles. The molecule has 5 nitrogen and oxygen atoms in total. The van der Waals surface area contributed by atoms with E-state index < -0.39 is 10.0 Å². The molecule has 3 aliphatic rings. The second-order valence-electron chi connectivity index (χ2n) is 8.52. The molecule has 154 valence electrons. The zero-order valence-electron chi connectivity index (χ0n) is 16.4. The van der Waals surface area contributed by atoms with Gasteiger partial charge in [-0.3, -0.25) is 4.79 Å². The molecule has 0 bridgehead atoms. The minimum absolute atomic E-state index is 0.0614. The first-order chi connectivity index (χ1) is 13.4. The predicted molar refractivity (Wildman–Crippen MR) is 110 cm³/mol. The molecule has 0 radical (unpaired) electrons. The zero-order valence-corrected chi connectivity index (χ0v) is 18.0. The molecule has 4 rings (SSSR count). The normalized spacial score (nSPS) is 28.9. The standard InChI is InChI=1S/C21H29ClN2O3S/c1-15-13-16-7-3-4-8-19(16)24(15)21(25)17-9-10-18(22)20(14-17)28(26,27)23-11-5-2-6-12-23/h9-10,14-16,19H,2-8,11-13H2,1H3. The number of halogens is 1. The summed E-state index contributed by atoms with van der Waals surface area (Å²) in [7, 11) is -3.68. The zero-order chi connectivity index (χ0) is 19.9. The number of carbonyl (C=O) groups is 1. The number of carbonyl (C=O) groups excluding carboxylic acids is 1. The lowest BCUT2D eigenvalue weighted by Crippen LogP contribution is -2.42. The van der Waals surface area contributed by atoms with Crippen LogP contribution in [0.4, 0.5) is 0 Å². The van der Waals surface area contributed by atoms with Gasteiger partial charge in [0.15, 0.2) is 0 Å². The molecule has 1 saturated carbocycles. The maximum Gasteiger partial charge on any atom is 0.254 e. The Morgan fingerprint density at radius 3 is 2.54 bits per heavy atom. The Kier molecular flexibility index (Phi) is 5.73. The van der Waals surface area contributed by atoms with Crippen molar-refractivity contribution >= 4 is 27.5 Å². The van der Waals surface area contributed by atoms with Crippen molar-refractivity contribution in [1.29, 1.82) is 0 Å². The number of benzene rings is 1. The van der Waals surface area contributed by atoms with Gasteiger partial charge in [-0.25, -0.2) is 8.42 Å². The van der Waals surface area contributed by atoms with Gasteiger partial charge in [-0.2, -0.15) is 4.31 Å². The number of hydrogen-bond acceptors (Lipinski definition) is 3. The van der Waals surface area contributed by atoms with Gasteiger partial charge in [0.25, 0.3) is 5.91 Å². The van der Waals surface area contributed by atoms with Crippen LogP contribution in [-0.2, 0) is 10.0 Å². The highest BCUT2D eigenvalue weighted by atomic mass is 35.5. The van der Waals surface area contributed by atoms with E-state index in [2.05, 4.69) is 6.92 Å². The summed E-state index contributed by atoms with van der Waals surface area (Å²) in [5.74, 6) is 0.519. The van der Waals surface area contributed by atoms with Crippen LogP contribution in [-0.4, -0.2) is 48.7 Å². The lowest BCUT2D eigenvalue weighted by molar-refractivity contribution is 0.0633. The summed E-state index contributed by atoms with van der Waals surface area (Å²) in [4.78, 5) is 15.4. The second-order valence-corrected chi connectivity index (χ2v) is 10.8. The average molecular weight is 425 g/mol. The van der Waals surface area contributed by atoms with E-state index in [0.717, 1.165) is 38.5 Å². The third-order valence-electron chi connectivity index (χ3n) is 6.69. The molecular formula is C21H29ClN2O3S. The Morgan fingerprint density at radius 1 is 1.07 bits per heavy atom. The SMILES string of the molecule is CC1CC2CCCCC2N1C(=O)c1ccc(Cl)c(S(=O)(=O)N2CCCCC2)c1. The number of amides is 1. The van der Waals surface area contributed by atoms with E-state index in [9.17, 15) is 13.2 Å². The molecule has 1 aromatic rings. The van der Waals surface area contributed by atoms with Crippen LogP contribution < -0.4 is 0 Å². The summed E-state index contributed by atoms with van der Waals surface area (Å²) >= 11 is 6.27. The van der Waals surface area contributed by atoms with Gasteiger partial charge in [0.05, 0.1) is 5.02 Å². The highest BCUT2D eigenvalue weighted by Crippen LogP contribution is 2.40. The first-order valence-electron chi connectivity index (χ1n) is 10.5. The molecule has 0 spiro atoms. The van der Waals surface area contributed by atoms with Crippen molar-refractivity contribution in [3.8, 4) is 0 Å². The Morgan fingerprint density at radius 2 is 1.79 bits per heavy atom. The van der Waals surface area contributed by atoms with Crippen molar-refractivity contribution in [3.63, 3.8) is 0 Å². The Hall–Kier alpha value is -1.11. The minimum atomic E-state index is -3.68. The van der Waals surface area contributed by atoms with Gasteiger partial charge in [0, 0.05) is 30.7 Å². The fraction of sp³-hybridized carbons (Fsp3) is 0.667. The maximum atomic E-state index is 13.4. The molecule has 2 aliphatic heterocycles. The number of rotatable bonds is 3. The van der Waals surface area contributed by atoms with E-state index in [-0.39, 0.29) is 27.9 Å². The van der Waals surface area contributed by atoms with E-state index in [1.165, 1.54) is 23.2 Å². The van der Waals surface area contributed by atoms with Crippen LogP contribution in [0.1, 0.15) is 68.6 Å². The predicted octanol–water partition coefficient (Wildman–Crippen LogP) is 4.31.